The number of ether oxygens (including phenoxy) is 2. The van der Waals surface area contributed by atoms with E-state index >= 15 is 0 Å². The van der Waals surface area contributed by atoms with Crippen molar-refractivity contribution in [2.24, 2.45) is 0 Å². The molecule has 9 nitrogen and oxygen atoms in total. The number of methoxy groups -OCH3 is 2. The number of carbonyl (C=O) groups excluding carboxylic acids is 2. The number of anilines is 1. The second-order valence-electron chi connectivity index (χ2n) is 6.91. The number of rotatable bonds is 4. The molecule has 0 saturated carbocycles. The summed E-state index contributed by atoms with van der Waals surface area (Å²) in [5, 5.41) is 5.04. The summed E-state index contributed by atoms with van der Waals surface area (Å²) >= 11 is 0. The minimum atomic E-state index is -0.470. The second kappa shape index (κ2) is 6.91. The van der Waals surface area contributed by atoms with Gasteiger partial charge in [-0.2, -0.15) is 9.78 Å². The summed E-state index contributed by atoms with van der Waals surface area (Å²) in [7, 11) is 3.00. The third-order valence-electron chi connectivity index (χ3n) is 5.22. The van der Waals surface area contributed by atoms with Crippen molar-refractivity contribution in [3.63, 3.8) is 0 Å². The Kier molecular flexibility index (Phi) is 4.18. The summed E-state index contributed by atoms with van der Waals surface area (Å²) in [6.07, 6.45) is 3.06. The van der Waals surface area contributed by atoms with Gasteiger partial charge < -0.3 is 9.47 Å². The van der Waals surface area contributed by atoms with Crippen molar-refractivity contribution in [2.45, 2.75) is 6.92 Å². The first-order valence-corrected chi connectivity index (χ1v) is 9.45. The zero-order valence-corrected chi connectivity index (χ0v) is 17.0. The molecule has 3 aromatic heterocycles. The third kappa shape index (κ3) is 2.67. The van der Waals surface area contributed by atoms with E-state index in [0.717, 1.165) is 4.90 Å². The van der Waals surface area contributed by atoms with Crippen LogP contribution in [-0.4, -0.2) is 45.8 Å². The molecule has 0 aliphatic carbocycles. The van der Waals surface area contributed by atoms with Crippen LogP contribution < -0.4 is 14.4 Å². The van der Waals surface area contributed by atoms with Gasteiger partial charge in [0.25, 0.3) is 11.8 Å². The molecule has 9 heteroatoms. The van der Waals surface area contributed by atoms with E-state index in [0.29, 0.717) is 39.7 Å². The van der Waals surface area contributed by atoms with Gasteiger partial charge in [0.2, 0.25) is 0 Å². The molecule has 0 spiro atoms. The molecule has 1 aromatic carbocycles. The molecule has 1 aliphatic heterocycles. The van der Waals surface area contributed by atoms with E-state index in [9.17, 15) is 9.59 Å². The predicted molar refractivity (Wildman–Crippen MR) is 112 cm³/mol. The Hall–Kier alpha value is -4.27. The Morgan fingerprint density at radius 1 is 0.968 bits per heavy atom. The van der Waals surface area contributed by atoms with Gasteiger partial charge in [-0.3, -0.25) is 9.59 Å². The average molecular weight is 415 g/mol. The number of benzene rings is 1. The van der Waals surface area contributed by atoms with Crippen LogP contribution in [0.4, 0.5) is 5.69 Å². The monoisotopic (exact) mass is 415 g/mol. The minimum absolute atomic E-state index is 0.221. The predicted octanol–water partition coefficient (Wildman–Crippen LogP) is 2.94. The normalized spacial score (nSPS) is 13.1. The molecule has 0 saturated heterocycles. The molecule has 0 radical (unpaired) electrons. The Labute approximate surface area is 176 Å². The first kappa shape index (κ1) is 18.7. The van der Waals surface area contributed by atoms with Crippen LogP contribution in [0.3, 0.4) is 0 Å². The molecule has 0 fully saturated rings. The fraction of sp³-hybridized carbons (Fsp3) is 0.136. The zero-order valence-electron chi connectivity index (χ0n) is 17.0. The van der Waals surface area contributed by atoms with Crippen molar-refractivity contribution in [1.82, 2.24) is 19.7 Å². The summed E-state index contributed by atoms with van der Waals surface area (Å²) in [4.78, 5) is 36.5. The van der Waals surface area contributed by atoms with E-state index in [2.05, 4.69) is 15.1 Å². The van der Waals surface area contributed by atoms with Gasteiger partial charge in [-0.25, -0.2) is 14.9 Å². The number of pyridine rings is 2. The number of aryl methyl sites for hydroxylation is 1. The first-order valence-electron chi connectivity index (χ1n) is 9.45. The van der Waals surface area contributed by atoms with Gasteiger partial charge in [0.1, 0.15) is 11.5 Å². The highest BCUT2D eigenvalue weighted by Gasteiger charge is 2.41. The molecule has 0 bridgehead atoms. The molecular weight excluding hydrogens is 398 g/mol. The van der Waals surface area contributed by atoms with Gasteiger partial charge in [0, 0.05) is 18.5 Å². The number of aromatic nitrogens is 4. The molecule has 31 heavy (non-hydrogen) atoms. The number of imide groups is 1. The van der Waals surface area contributed by atoms with E-state index < -0.39 is 11.8 Å². The lowest BCUT2D eigenvalue weighted by Crippen LogP contribution is -2.29. The van der Waals surface area contributed by atoms with Crippen molar-refractivity contribution < 1.29 is 19.1 Å². The highest BCUT2D eigenvalue weighted by molar-refractivity contribution is 6.37. The van der Waals surface area contributed by atoms with Crippen molar-refractivity contribution in [1.29, 1.82) is 0 Å². The molecule has 0 atom stereocenters. The Balaban J connectivity index is 1.70. The number of carbonyl (C=O) groups is 2. The van der Waals surface area contributed by atoms with Crippen molar-refractivity contribution in [2.75, 3.05) is 19.1 Å². The van der Waals surface area contributed by atoms with Gasteiger partial charge in [-0.15, -0.1) is 0 Å². The highest BCUT2D eigenvalue weighted by Crippen LogP contribution is 2.39. The maximum Gasteiger partial charge on any atom is 0.267 e. The van der Waals surface area contributed by atoms with E-state index in [1.807, 2.05) is 6.07 Å². The molecule has 0 unspecified atom stereocenters. The van der Waals surface area contributed by atoms with E-state index in [-0.39, 0.29) is 11.1 Å². The van der Waals surface area contributed by atoms with Crippen molar-refractivity contribution in [3.8, 4) is 17.3 Å². The molecule has 1 aliphatic rings. The van der Waals surface area contributed by atoms with Crippen LogP contribution in [0.25, 0.3) is 16.9 Å². The fourth-order valence-corrected chi connectivity index (χ4v) is 3.79. The van der Waals surface area contributed by atoms with Crippen LogP contribution >= 0.6 is 0 Å². The Morgan fingerprint density at radius 3 is 2.52 bits per heavy atom. The van der Waals surface area contributed by atoms with Crippen LogP contribution in [0.5, 0.6) is 11.5 Å². The standard InChI is InChI=1S/C22H17N5O4/c1-12-18-19-14(11-24-20(18)27(25-12)17-6-4-5-9-23-17)21(28)26(22(19)29)15-8-7-13(30-2)10-16(15)31-3/h4-11H,1-3H3. The third-order valence-corrected chi connectivity index (χ3v) is 5.22. The maximum absolute atomic E-state index is 13.5. The van der Waals surface area contributed by atoms with Crippen LogP contribution in [0.2, 0.25) is 0 Å². The van der Waals surface area contributed by atoms with Gasteiger partial charge in [-0.1, -0.05) is 6.07 Å². The quantitative estimate of drug-likeness (QED) is 0.473. The van der Waals surface area contributed by atoms with Crippen molar-refractivity contribution in [3.05, 3.63) is 65.6 Å². The maximum atomic E-state index is 13.5. The first-order chi connectivity index (χ1) is 15.0. The summed E-state index contributed by atoms with van der Waals surface area (Å²) < 4.78 is 12.2. The number of nitrogens with zero attached hydrogens (tertiary/aromatic N) is 5. The smallest absolute Gasteiger partial charge is 0.267 e. The number of amides is 2. The zero-order chi connectivity index (χ0) is 21.7. The van der Waals surface area contributed by atoms with E-state index in [4.69, 9.17) is 9.47 Å². The SMILES string of the molecule is COc1ccc(N2C(=O)c3cnc4c(c(C)nn4-c4ccccn4)c3C2=O)c(OC)c1. The van der Waals surface area contributed by atoms with Crippen LogP contribution in [0, 0.1) is 6.92 Å². The lowest BCUT2D eigenvalue weighted by molar-refractivity contribution is 0.0925. The molecular formula is C22H17N5O4. The molecule has 4 heterocycles. The molecule has 154 valence electrons. The van der Waals surface area contributed by atoms with Crippen molar-refractivity contribution >= 4 is 28.5 Å². The summed E-state index contributed by atoms with van der Waals surface area (Å²) in [6.45, 7) is 1.78. The summed E-state index contributed by atoms with van der Waals surface area (Å²) in [5.74, 6) is 0.536. The lowest BCUT2D eigenvalue weighted by atomic mass is 10.1. The average Bonchev–Trinajstić information content (AvgIpc) is 3.27. The Morgan fingerprint density at radius 2 is 1.81 bits per heavy atom. The van der Waals surface area contributed by atoms with E-state index in [1.54, 1.807) is 48.1 Å². The fourth-order valence-electron chi connectivity index (χ4n) is 3.79. The molecule has 5 rings (SSSR count). The Bertz CT molecular complexity index is 1360. The topological polar surface area (TPSA) is 99.4 Å². The van der Waals surface area contributed by atoms with Gasteiger partial charge in [-0.05, 0) is 31.2 Å². The number of hydrogen-bond acceptors (Lipinski definition) is 7. The van der Waals surface area contributed by atoms with Gasteiger partial charge in [0.05, 0.1) is 42.1 Å². The van der Waals surface area contributed by atoms with Crippen LogP contribution in [-0.2, 0) is 0 Å². The largest absolute Gasteiger partial charge is 0.497 e. The number of fused-ring (bicyclic) bond motifs is 3. The molecule has 2 amide bonds. The summed E-state index contributed by atoms with van der Waals surface area (Å²) in [6, 6.07) is 10.3. The van der Waals surface area contributed by atoms with Gasteiger partial charge >= 0.3 is 0 Å². The highest BCUT2D eigenvalue weighted by atomic mass is 16.5. The number of hydrogen-bond donors (Lipinski definition) is 0. The van der Waals surface area contributed by atoms with E-state index in [1.165, 1.54) is 20.4 Å². The lowest BCUT2D eigenvalue weighted by Gasteiger charge is -2.18. The van der Waals surface area contributed by atoms with Crippen LogP contribution in [0.15, 0.2) is 48.8 Å². The van der Waals surface area contributed by atoms with Gasteiger partial charge in [0.15, 0.2) is 11.5 Å². The molecule has 4 aromatic rings. The van der Waals surface area contributed by atoms with Crippen LogP contribution in [0.1, 0.15) is 26.4 Å². The summed E-state index contributed by atoms with van der Waals surface area (Å²) in [5.41, 5.74) is 1.86. The molecule has 0 N–H and O–H groups in total. The second-order valence-corrected chi connectivity index (χ2v) is 6.91. The minimum Gasteiger partial charge on any atom is -0.497 e.